The van der Waals surface area contributed by atoms with Gasteiger partial charge >= 0.3 is 5.97 Å². The van der Waals surface area contributed by atoms with Gasteiger partial charge in [-0.05, 0) is 49.5 Å². The van der Waals surface area contributed by atoms with Crippen LogP contribution >= 0.6 is 0 Å². The summed E-state index contributed by atoms with van der Waals surface area (Å²) in [6.07, 6.45) is 1.44. The van der Waals surface area contributed by atoms with Crippen LogP contribution in [0.3, 0.4) is 0 Å². The van der Waals surface area contributed by atoms with Gasteiger partial charge in [-0.2, -0.15) is 0 Å². The maximum Gasteiger partial charge on any atom is 0.338 e. The molecule has 0 unspecified atom stereocenters. The molecule has 1 aromatic heterocycles. The van der Waals surface area contributed by atoms with Gasteiger partial charge in [0, 0.05) is 30.9 Å². The molecule has 2 aromatic rings. The number of carbonyl (C=O) groups is 3. The number of rotatable bonds is 9. The first-order valence-electron chi connectivity index (χ1n) is 9.47. The Hall–Kier alpha value is -3.26. The van der Waals surface area contributed by atoms with Crippen LogP contribution in [0.4, 0.5) is 11.5 Å². The summed E-state index contributed by atoms with van der Waals surface area (Å²) in [7, 11) is 0. The van der Waals surface area contributed by atoms with E-state index >= 15 is 0 Å². The van der Waals surface area contributed by atoms with Crippen molar-refractivity contribution in [2.75, 3.05) is 36.9 Å². The lowest BCUT2D eigenvalue weighted by Crippen LogP contribution is -2.27. The standard InChI is InChI=1S/C21H26N4O4/c1-4-25(5-2)12-13-29-21(28)16-6-8-18(9-7-16)24-20(27)17-10-11-22-19(14-17)23-15(3)26/h6-11,14H,4-5,12-13H2,1-3H3,(H,24,27)(H,22,23,26). The molecular formula is C21H26N4O4. The number of nitrogens with one attached hydrogen (secondary N) is 2. The molecule has 8 heteroatoms. The number of aromatic nitrogens is 1. The summed E-state index contributed by atoms with van der Waals surface area (Å²) in [5.41, 5.74) is 1.30. The molecule has 0 bridgehead atoms. The molecule has 0 fully saturated rings. The molecule has 2 rings (SSSR count). The van der Waals surface area contributed by atoms with Crippen molar-refractivity contribution in [3.05, 3.63) is 53.7 Å². The van der Waals surface area contributed by atoms with Crippen LogP contribution in [-0.2, 0) is 9.53 Å². The average molecular weight is 398 g/mol. The number of nitrogens with zero attached hydrogens (tertiary/aromatic N) is 2. The van der Waals surface area contributed by atoms with Crippen molar-refractivity contribution in [1.82, 2.24) is 9.88 Å². The van der Waals surface area contributed by atoms with Crippen LogP contribution in [0.5, 0.6) is 0 Å². The second-order valence-corrected chi connectivity index (χ2v) is 6.31. The third-order valence-corrected chi connectivity index (χ3v) is 4.24. The first-order valence-corrected chi connectivity index (χ1v) is 9.47. The van der Waals surface area contributed by atoms with Crippen LogP contribution in [0.1, 0.15) is 41.5 Å². The third-order valence-electron chi connectivity index (χ3n) is 4.24. The number of esters is 1. The number of anilines is 2. The smallest absolute Gasteiger partial charge is 0.338 e. The molecule has 29 heavy (non-hydrogen) atoms. The molecule has 0 aliphatic carbocycles. The van der Waals surface area contributed by atoms with E-state index in [-0.39, 0.29) is 11.8 Å². The average Bonchev–Trinajstić information content (AvgIpc) is 2.71. The molecule has 154 valence electrons. The summed E-state index contributed by atoms with van der Waals surface area (Å²) in [6, 6.07) is 9.50. The summed E-state index contributed by atoms with van der Waals surface area (Å²) in [4.78, 5) is 41.8. The van der Waals surface area contributed by atoms with E-state index in [1.54, 1.807) is 30.3 Å². The molecule has 1 aromatic carbocycles. The number of ether oxygens (including phenoxy) is 1. The fourth-order valence-electron chi connectivity index (χ4n) is 2.60. The van der Waals surface area contributed by atoms with Gasteiger partial charge in [-0.1, -0.05) is 13.8 Å². The Labute approximate surface area is 170 Å². The highest BCUT2D eigenvalue weighted by atomic mass is 16.5. The van der Waals surface area contributed by atoms with E-state index in [0.717, 1.165) is 13.1 Å². The van der Waals surface area contributed by atoms with Crippen LogP contribution in [0, 0.1) is 0 Å². The van der Waals surface area contributed by atoms with Gasteiger partial charge in [0.25, 0.3) is 5.91 Å². The van der Waals surface area contributed by atoms with Crippen molar-refractivity contribution in [2.45, 2.75) is 20.8 Å². The van der Waals surface area contributed by atoms with Crippen molar-refractivity contribution in [3.8, 4) is 0 Å². The molecule has 1 heterocycles. The lowest BCUT2D eigenvalue weighted by molar-refractivity contribution is -0.114. The van der Waals surface area contributed by atoms with E-state index in [4.69, 9.17) is 4.74 Å². The normalized spacial score (nSPS) is 10.5. The molecule has 0 aliphatic rings. The van der Waals surface area contributed by atoms with Crippen LogP contribution < -0.4 is 10.6 Å². The van der Waals surface area contributed by atoms with E-state index in [1.807, 2.05) is 0 Å². The van der Waals surface area contributed by atoms with Gasteiger partial charge in [-0.15, -0.1) is 0 Å². The number of hydrogen-bond donors (Lipinski definition) is 2. The van der Waals surface area contributed by atoms with Crippen molar-refractivity contribution in [2.24, 2.45) is 0 Å². The predicted molar refractivity (Wildman–Crippen MR) is 111 cm³/mol. The molecule has 0 spiro atoms. The van der Waals surface area contributed by atoms with Gasteiger partial charge in [-0.25, -0.2) is 9.78 Å². The van der Waals surface area contributed by atoms with E-state index < -0.39 is 5.97 Å². The molecule has 2 N–H and O–H groups in total. The Kier molecular flexibility index (Phi) is 8.29. The Balaban J connectivity index is 1.92. The zero-order valence-corrected chi connectivity index (χ0v) is 16.9. The van der Waals surface area contributed by atoms with Crippen LogP contribution in [0.15, 0.2) is 42.6 Å². The van der Waals surface area contributed by atoms with Gasteiger partial charge in [0.05, 0.1) is 5.56 Å². The maximum absolute atomic E-state index is 12.4. The Morgan fingerprint density at radius 3 is 2.31 bits per heavy atom. The highest BCUT2D eigenvalue weighted by Gasteiger charge is 2.11. The van der Waals surface area contributed by atoms with Gasteiger partial charge in [0.1, 0.15) is 12.4 Å². The van der Waals surface area contributed by atoms with Gasteiger partial charge in [-0.3, -0.25) is 9.59 Å². The van der Waals surface area contributed by atoms with E-state index in [2.05, 4.69) is 34.4 Å². The van der Waals surface area contributed by atoms with E-state index in [9.17, 15) is 14.4 Å². The lowest BCUT2D eigenvalue weighted by atomic mass is 10.2. The minimum Gasteiger partial charge on any atom is -0.461 e. The molecule has 0 saturated carbocycles. The quantitative estimate of drug-likeness (QED) is 0.630. The predicted octanol–water partition coefficient (Wildman–Crippen LogP) is 2.79. The molecule has 0 atom stereocenters. The fourth-order valence-corrected chi connectivity index (χ4v) is 2.60. The topological polar surface area (TPSA) is 101 Å². The lowest BCUT2D eigenvalue weighted by Gasteiger charge is -2.17. The Morgan fingerprint density at radius 2 is 1.69 bits per heavy atom. The number of likely N-dealkylation sites (N-methyl/N-ethyl adjacent to an activating group) is 1. The zero-order valence-electron chi connectivity index (χ0n) is 16.9. The summed E-state index contributed by atoms with van der Waals surface area (Å²) in [5, 5.41) is 5.27. The number of amides is 2. The summed E-state index contributed by atoms with van der Waals surface area (Å²) < 4.78 is 5.29. The molecule has 0 saturated heterocycles. The summed E-state index contributed by atoms with van der Waals surface area (Å²) >= 11 is 0. The van der Waals surface area contributed by atoms with E-state index in [1.165, 1.54) is 19.2 Å². The van der Waals surface area contributed by atoms with Gasteiger partial charge in [0.15, 0.2) is 0 Å². The largest absolute Gasteiger partial charge is 0.461 e. The van der Waals surface area contributed by atoms with Gasteiger partial charge in [0.2, 0.25) is 5.91 Å². The SMILES string of the molecule is CCN(CC)CCOC(=O)c1ccc(NC(=O)c2ccnc(NC(C)=O)c2)cc1. The van der Waals surface area contributed by atoms with Crippen molar-refractivity contribution >= 4 is 29.3 Å². The molecule has 0 aliphatic heterocycles. The minimum atomic E-state index is -0.399. The maximum atomic E-state index is 12.4. The number of benzene rings is 1. The van der Waals surface area contributed by atoms with Crippen molar-refractivity contribution in [1.29, 1.82) is 0 Å². The highest BCUT2D eigenvalue weighted by molar-refractivity contribution is 6.05. The molecule has 8 nitrogen and oxygen atoms in total. The van der Waals surface area contributed by atoms with Crippen LogP contribution in [0.25, 0.3) is 0 Å². The van der Waals surface area contributed by atoms with Crippen molar-refractivity contribution in [3.63, 3.8) is 0 Å². The Bertz CT molecular complexity index is 848. The second kappa shape index (κ2) is 10.9. The highest BCUT2D eigenvalue weighted by Crippen LogP contribution is 2.14. The molecule has 2 amide bonds. The minimum absolute atomic E-state index is 0.269. The van der Waals surface area contributed by atoms with E-state index in [0.29, 0.717) is 35.8 Å². The molecule has 0 radical (unpaired) electrons. The zero-order chi connectivity index (χ0) is 21.2. The Morgan fingerprint density at radius 1 is 1.00 bits per heavy atom. The first kappa shape index (κ1) is 22.0. The van der Waals surface area contributed by atoms with Crippen LogP contribution in [-0.4, -0.2) is 53.9 Å². The first-order chi connectivity index (χ1) is 13.9. The third kappa shape index (κ3) is 7.00. The fraction of sp³-hybridized carbons (Fsp3) is 0.333. The number of carbonyl (C=O) groups excluding carboxylic acids is 3. The van der Waals surface area contributed by atoms with Crippen LogP contribution in [0.2, 0.25) is 0 Å². The summed E-state index contributed by atoms with van der Waals surface area (Å²) in [6.45, 7) is 8.33. The summed E-state index contributed by atoms with van der Waals surface area (Å²) in [5.74, 6) is -0.722. The second-order valence-electron chi connectivity index (χ2n) is 6.31. The number of pyridine rings is 1. The van der Waals surface area contributed by atoms with Gasteiger partial charge < -0.3 is 20.3 Å². The molecular weight excluding hydrogens is 372 g/mol. The number of hydrogen-bond acceptors (Lipinski definition) is 6. The monoisotopic (exact) mass is 398 g/mol. The van der Waals surface area contributed by atoms with Crippen molar-refractivity contribution < 1.29 is 19.1 Å².